The van der Waals surface area contributed by atoms with E-state index in [0.29, 0.717) is 0 Å². The molecule has 0 spiro atoms. The van der Waals surface area contributed by atoms with Crippen molar-refractivity contribution >= 4 is 22.0 Å². The molecule has 0 nitrogen and oxygen atoms in total. The Balaban J connectivity index is 1.98. The topological polar surface area (TPSA) is 0 Å². The van der Waals surface area contributed by atoms with Crippen LogP contribution in [0, 0.1) is 3.57 Å². The highest BCUT2D eigenvalue weighted by Crippen LogP contribution is 2.10. The van der Waals surface area contributed by atoms with E-state index in [9.17, 15) is 0 Å². The summed E-state index contributed by atoms with van der Waals surface area (Å²) in [6.45, 7) is 0. The van der Waals surface area contributed by atoms with Crippen molar-refractivity contribution in [1.29, 1.82) is 0 Å². The summed E-state index contributed by atoms with van der Waals surface area (Å²) in [4.78, 5) is 0. The molecule has 0 saturated carbocycles. The number of rotatable bonds is 3. The van der Waals surface area contributed by atoms with Crippen molar-refractivity contribution in [2.75, 3.05) is 0 Å². The molecule has 80 valence electrons. The highest BCUT2D eigenvalue weighted by Gasteiger charge is 2.04. The van der Waals surface area contributed by atoms with E-state index in [0.717, 1.165) is 4.47 Å². The Kier molecular flexibility index (Phi) is 4.60. The van der Waals surface area contributed by atoms with E-state index in [-0.39, 0.29) is 21.2 Å². The van der Waals surface area contributed by atoms with Crippen LogP contribution < -0.4 is 21.2 Å². The zero-order chi connectivity index (χ0) is 11.2. The van der Waals surface area contributed by atoms with E-state index >= 15 is 0 Å². The van der Waals surface area contributed by atoms with Crippen LogP contribution in [0.3, 0.4) is 0 Å². The van der Waals surface area contributed by atoms with Crippen LogP contribution in [0.1, 0.15) is 5.56 Å². The summed E-state index contributed by atoms with van der Waals surface area (Å²) in [6, 6.07) is 19.0. The quantitative estimate of drug-likeness (QED) is 0.700. The fourth-order valence-electron chi connectivity index (χ4n) is 1.24. The molecule has 2 aromatic rings. The maximum absolute atomic E-state index is 3.43. The highest BCUT2D eigenvalue weighted by atomic mass is 127. The van der Waals surface area contributed by atoms with Crippen LogP contribution >= 0.6 is 15.9 Å². The van der Waals surface area contributed by atoms with Crippen molar-refractivity contribution in [2.45, 2.75) is 0 Å². The molecule has 0 aliphatic heterocycles. The minimum atomic E-state index is 0.000774. The molecule has 0 aliphatic carbocycles. The Hall–Kier alpha value is -0.610. The SMILES string of the molecule is Brc1ccc(/C=C/[I+]c2ccccc2)cc1. The Labute approximate surface area is 115 Å². The zero-order valence-corrected chi connectivity index (χ0v) is 12.4. The first kappa shape index (κ1) is 11.9. The molecule has 0 bridgehead atoms. The predicted molar refractivity (Wildman–Crippen MR) is 68.3 cm³/mol. The second-order valence-corrected chi connectivity index (χ2v) is 6.75. The van der Waals surface area contributed by atoms with E-state index in [2.05, 4.69) is 80.7 Å². The van der Waals surface area contributed by atoms with Gasteiger partial charge in [0.05, 0.1) is 0 Å². The standard InChI is InChI=1S/C14H11BrI/c15-13-8-6-12(7-9-13)10-11-16-14-4-2-1-3-5-14/h1-11H/q+1/b11-10+. The molecule has 16 heavy (non-hydrogen) atoms. The Bertz CT molecular complexity index is 460. The first-order valence-electron chi connectivity index (χ1n) is 4.95. The van der Waals surface area contributed by atoms with E-state index < -0.39 is 0 Å². The first-order chi connectivity index (χ1) is 7.84. The Morgan fingerprint density at radius 1 is 0.875 bits per heavy atom. The van der Waals surface area contributed by atoms with Crippen LogP contribution in [-0.4, -0.2) is 0 Å². The summed E-state index contributed by atoms with van der Waals surface area (Å²) in [7, 11) is 0. The highest BCUT2D eigenvalue weighted by molar-refractivity contribution is 9.10. The summed E-state index contributed by atoms with van der Waals surface area (Å²) < 4.78 is 4.88. The van der Waals surface area contributed by atoms with Gasteiger partial charge in [-0.05, 0) is 35.9 Å². The van der Waals surface area contributed by atoms with Crippen LogP contribution in [0.4, 0.5) is 0 Å². The van der Waals surface area contributed by atoms with Crippen molar-refractivity contribution in [1.82, 2.24) is 0 Å². The Morgan fingerprint density at radius 2 is 1.56 bits per heavy atom. The van der Waals surface area contributed by atoms with Crippen molar-refractivity contribution in [3.63, 3.8) is 0 Å². The largest absolute Gasteiger partial charge is 0.349 e. The summed E-state index contributed by atoms with van der Waals surface area (Å²) in [5.74, 6) is 0. The van der Waals surface area contributed by atoms with Gasteiger partial charge in [-0.3, -0.25) is 0 Å². The summed E-state index contributed by atoms with van der Waals surface area (Å²) in [5.41, 5.74) is 1.26. The van der Waals surface area contributed by atoms with Crippen LogP contribution in [0.25, 0.3) is 6.08 Å². The fourth-order valence-corrected chi connectivity index (χ4v) is 3.34. The molecular weight excluding hydrogens is 375 g/mol. The normalized spacial score (nSPS) is 10.8. The molecule has 0 saturated heterocycles. The Morgan fingerprint density at radius 3 is 2.25 bits per heavy atom. The lowest BCUT2D eigenvalue weighted by molar-refractivity contribution is -0.555. The minimum absolute atomic E-state index is 0.000774. The summed E-state index contributed by atoms with van der Waals surface area (Å²) in [6.07, 6.45) is 2.20. The van der Waals surface area contributed by atoms with Crippen LogP contribution in [0.15, 0.2) is 63.2 Å². The van der Waals surface area contributed by atoms with Gasteiger partial charge in [0.15, 0.2) is 7.65 Å². The van der Waals surface area contributed by atoms with E-state index in [1.807, 2.05) is 0 Å². The van der Waals surface area contributed by atoms with Gasteiger partial charge in [0.1, 0.15) is 0 Å². The van der Waals surface area contributed by atoms with Crippen molar-refractivity contribution in [2.24, 2.45) is 0 Å². The van der Waals surface area contributed by atoms with Crippen molar-refractivity contribution < 1.29 is 21.2 Å². The first-order valence-corrected chi connectivity index (χ1v) is 8.07. The van der Waals surface area contributed by atoms with Gasteiger partial charge in [-0.25, -0.2) is 0 Å². The average molecular weight is 386 g/mol. The molecule has 2 rings (SSSR count). The van der Waals surface area contributed by atoms with Gasteiger partial charge in [0, 0.05) is 4.47 Å². The third-order valence-corrected chi connectivity index (χ3v) is 4.73. The summed E-state index contributed by atoms with van der Waals surface area (Å²) >= 11 is 3.43. The molecular formula is C14H11BrI+. The van der Waals surface area contributed by atoms with Crippen molar-refractivity contribution in [3.05, 3.63) is 72.3 Å². The third kappa shape index (κ3) is 3.76. The molecule has 2 heteroatoms. The maximum atomic E-state index is 3.43. The second kappa shape index (κ2) is 6.21. The lowest BCUT2D eigenvalue weighted by Crippen LogP contribution is -3.59. The summed E-state index contributed by atoms with van der Waals surface area (Å²) in [5, 5.41) is 0. The number of halogens is 2. The van der Waals surface area contributed by atoms with Gasteiger partial charge in [-0.1, -0.05) is 46.3 Å². The molecule has 0 aliphatic rings. The number of hydrogen-bond acceptors (Lipinski definition) is 0. The second-order valence-electron chi connectivity index (χ2n) is 3.25. The molecule has 0 fully saturated rings. The van der Waals surface area contributed by atoms with E-state index in [1.165, 1.54) is 9.13 Å². The molecule has 0 heterocycles. The minimum Gasteiger partial charge on any atom is -0.0619 e. The molecule has 2 aromatic carbocycles. The van der Waals surface area contributed by atoms with Gasteiger partial charge in [-0.2, -0.15) is 0 Å². The van der Waals surface area contributed by atoms with Crippen LogP contribution in [-0.2, 0) is 0 Å². The van der Waals surface area contributed by atoms with E-state index in [1.54, 1.807) is 0 Å². The molecule has 0 aromatic heterocycles. The maximum Gasteiger partial charge on any atom is 0.349 e. The van der Waals surface area contributed by atoms with Gasteiger partial charge in [-0.15, -0.1) is 0 Å². The third-order valence-electron chi connectivity index (χ3n) is 2.05. The predicted octanol–water partition coefficient (Wildman–Crippen LogP) is 1.38. The lowest BCUT2D eigenvalue weighted by atomic mass is 10.2. The average Bonchev–Trinajstić information content (AvgIpc) is 2.33. The number of hydrogen-bond donors (Lipinski definition) is 0. The molecule has 0 amide bonds. The van der Waals surface area contributed by atoms with Gasteiger partial charge < -0.3 is 0 Å². The fraction of sp³-hybridized carbons (Fsp3) is 0. The van der Waals surface area contributed by atoms with Gasteiger partial charge >= 0.3 is 21.2 Å². The molecule has 0 unspecified atom stereocenters. The molecule has 0 atom stereocenters. The van der Waals surface area contributed by atoms with Gasteiger partial charge in [0.2, 0.25) is 0 Å². The zero-order valence-electron chi connectivity index (χ0n) is 8.61. The van der Waals surface area contributed by atoms with E-state index in [4.69, 9.17) is 0 Å². The smallest absolute Gasteiger partial charge is 0.0619 e. The number of benzene rings is 2. The van der Waals surface area contributed by atoms with Crippen LogP contribution in [0.5, 0.6) is 0 Å². The lowest BCUT2D eigenvalue weighted by Gasteiger charge is -1.90. The van der Waals surface area contributed by atoms with Crippen molar-refractivity contribution in [3.8, 4) is 0 Å². The van der Waals surface area contributed by atoms with Crippen LogP contribution in [0.2, 0.25) is 0 Å². The molecule has 0 N–H and O–H groups in total. The monoisotopic (exact) mass is 385 g/mol. The van der Waals surface area contributed by atoms with Gasteiger partial charge in [0.25, 0.3) is 0 Å². The molecule has 0 radical (unpaired) electrons.